The summed E-state index contributed by atoms with van der Waals surface area (Å²) in [6, 6.07) is 10.5. The molecule has 0 aliphatic rings. The van der Waals surface area contributed by atoms with Gasteiger partial charge < -0.3 is 10.4 Å². The van der Waals surface area contributed by atoms with Crippen molar-refractivity contribution in [3.05, 3.63) is 58.9 Å². The Morgan fingerprint density at radius 2 is 1.94 bits per heavy atom. The van der Waals surface area contributed by atoms with Gasteiger partial charge in [-0.25, -0.2) is 9.18 Å². The zero-order valence-electron chi connectivity index (χ0n) is 9.15. The molecule has 18 heavy (non-hydrogen) atoms. The van der Waals surface area contributed by atoms with Crippen molar-refractivity contribution in [1.29, 1.82) is 0 Å². The Hall–Kier alpha value is -2.07. The standard InChI is InChI=1S/C13H9ClFNO2/c14-10-6-5-8(7-9(10)13(17)18)16-12-4-2-1-3-11(12)15/h1-7,16H,(H,17,18). The minimum absolute atomic E-state index is 0.0296. The molecule has 5 heteroatoms. The number of rotatable bonds is 3. The van der Waals surface area contributed by atoms with Gasteiger partial charge in [0.05, 0.1) is 16.3 Å². The molecule has 2 aromatic rings. The average Bonchev–Trinajstić information content (AvgIpc) is 2.34. The van der Waals surface area contributed by atoms with E-state index in [0.29, 0.717) is 5.69 Å². The first kappa shape index (κ1) is 12.4. The molecule has 0 fully saturated rings. The maximum absolute atomic E-state index is 13.4. The van der Waals surface area contributed by atoms with Crippen LogP contribution in [0.1, 0.15) is 10.4 Å². The van der Waals surface area contributed by atoms with Crippen LogP contribution in [-0.4, -0.2) is 11.1 Å². The summed E-state index contributed by atoms with van der Waals surface area (Å²) in [6.07, 6.45) is 0. The molecule has 0 atom stereocenters. The number of nitrogens with one attached hydrogen (secondary N) is 1. The minimum Gasteiger partial charge on any atom is -0.478 e. The second kappa shape index (κ2) is 5.06. The predicted molar refractivity (Wildman–Crippen MR) is 68.1 cm³/mol. The van der Waals surface area contributed by atoms with Crippen LogP contribution in [0, 0.1) is 5.82 Å². The second-order valence-electron chi connectivity index (χ2n) is 3.60. The lowest BCUT2D eigenvalue weighted by atomic mass is 10.2. The molecule has 0 saturated carbocycles. The summed E-state index contributed by atoms with van der Waals surface area (Å²) in [5.41, 5.74) is 0.705. The van der Waals surface area contributed by atoms with Crippen LogP contribution in [0.25, 0.3) is 0 Å². The molecule has 2 N–H and O–H groups in total. The number of anilines is 2. The van der Waals surface area contributed by atoms with E-state index in [2.05, 4.69) is 5.32 Å². The Morgan fingerprint density at radius 3 is 2.61 bits per heavy atom. The number of aromatic carboxylic acids is 1. The molecular weight excluding hydrogens is 257 g/mol. The molecule has 0 bridgehead atoms. The van der Waals surface area contributed by atoms with Crippen molar-refractivity contribution < 1.29 is 14.3 Å². The zero-order chi connectivity index (χ0) is 13.1. The molecular formula is C13H9ClFNO2. The molecule has 0 heterocycles. The van der Waals surface area contributed by atoms with Crippen LogP contribution in [0.15, 0.2) is 42.5 Å². The summed E-state index contributed by atoms with van der Waals surface area (Å²) in [7, 11) is 0. The van der Waals surface area contributed by atoms with Gasteiger partial charge in [0.15, 0.2) is 0 Å². The molecule has 0 aliphatic heterocycles. The van der Waals surface area contributed by atoms with E-state index in [1.54, 1.807) is 24.3 Å². The number of hydrogen-bond acceptors (Lipinski definition) is 2. The summed E-state index contributed by atoms with van der Waals surface area (Å²) in [6.45, 7) is 0. The Kier molecular flexibility index (Phi) is 3.48. The Morgan fingerprint density at radius 1 is 1.22 bits per heavy atom. The zero-order valence-corrected chi connectivity index (χ0v) is 9.91. The minimum atomic E-state index is -1.13. The smallest absolute Gasteiger partial charge is 0.337 e. The first-order valence-electron chi connectivity index (χ1n) is 5.12. The van der Waals surface area contributed by atoms with Crippen molar-refractivity contribution in [2.24, 2.45) is 0 Å². The first-order valence-corrected chi connectivity index (χ1v) is 5.50. The maximum Gasteiger partial charge on any atom is 0.337 e. The molecule has 0 radical (unpaired) electrons. The topological polar surface area (TPSA) is 49.3 Å². The summed E-state index contributed by atoms with van der Waals surface area (Å²) in [4.78, 5) is 10.9. The van der Waals surface area contributed by atoms with Crippen molar-refractivity contribution in [1.82, 2.24) is 0 Å². The lowest BCUT2D eigenvalue weighted by molar-refractivity contribution is 0.0697. The Labute approximate surface area is 108 Å². The van der Waals surface area contributed by atoms with Crippen LogP contribution in [-0.2, 0) is 0 Å². The SMILES string of the molecule is O=C(O)c1cc(Nc2ccccc2F)ccc1Cl. The number of carboxylic acids is 1. The van der Waals surface area contributed by atoms with E-state index in [0.717, 1.165) is 0 Å². The van der Waals surface area contributed by atoms with Crippen molar-refractivity contribution in [3.63, 3.8) is 0 Å². The molecule has 3 nitrogen and oxygen atoms in total. The molecule has 0 spiro atoms. The number of hydrogen-bond donors (Lipinski definition) is 2. The molecule has 0 unspecified atom stereocenters. The molecule has 92 valence electrons. The van der Waals surface area contributed by atoms with Gasteiger partial charge in [-0.3, -0.25) is 0 Å². The molecule has 0 saturated heterocycles. The van der Waals surface area contributed by atoms with Crippen LogP contribution in [0.2, 0.25) is 5.02 Å². The quantitative estimate of drug-likeness (QED) is 0.884. The van der Waals surface area contributed by atoms with E-state index in [4.69, 9.17) is 16.7 Å². The van der Waals surface area contributed by atoms with Crippen LogP contribution >= 0.6 is 11.6 Å². The third kappa shape index (κ3) is 2.60. The second-order valence-corrected chi connectivity index (χ2v) is 4.01. The maximum atomic E-state index is 13.4. The predicted octanol–water partition coefficient (Wildman–Crippen LogP) is 3.92. The fourth-order valence-electron chi connectivity index (χ4n) is 1.49. The van der Waals surface area contributed by atoms with Gasteiger partial charge in [-0.05, 0) is 30.3 Å². The van der Waals surface area contributed by atoms with Crippen molar-refractivity contribution in [2.75, 3.05) is 5.32 Å². The van der Waals surface area contributed by atoms with Gasteiger partial charge in [0, 0.05) is 5.69 Å². The molecule has 2 aromatic carbocycles. The van der Waals surface area contributed by atoms with E-state index in [1.807, 2.05) is 0 Å². The van der Waals surface area contributed by atoms with Crippen molar-refractivity contribution >= 4 is 28.9 Å². The largest absolute Gasteiger partial charge is 0.478 e. The van der Waals surface area contributed by atoms with Gasteiger partial charge in [-0.2, -0.15) is 0 Å². The summed E-state index contributed by atoms with van der Waals surface area (Å²) >= 11 is 5.74. The third-order valence-electron chi connectivity index (χ3n) is 2.35. The van der Waals surface area contributed by atoms with Gasteiger partial charge in [-0.15, -0.1) is 0 Å². The Bertz CT molecular complexity index is 601. The molecule has 0 amide bonds. The van der Waals surface area contributed by atoms with Crippen LogP contribution in [0.4, 0.5) is 15.8 Å². The average molecular weight is 266 g/mol. The summed E-state index contributed by atoms with van der Waals surface area (Å²) < 4.78 is 13.4. The van der Waals surface area contributed by atoms with E-state index in [-0.39, 0.29) is 16.3 Å². The highest BCUT2D eigenvalue weighted by atomic mass is 35.5. The molecule has 2 rings (SSSR count). The van der Waals surface area contributed by atoms with Gasteiger partial charge in [0.1, 0.15) is 5.82 Å². The van der Waals surface area contributed by atoms with Gasteiger partial charge in [-0.1, -0.05) is 23.7 Å². The van der Waals surface area contributed by atoms with Crippen LogP contribution < -0.4 is 5.32 Å². The number of benzene rings is 2. The normalized spacial score (nSPS) is 10.1. The van der Waals surface area contributed by atoms with E-state index >= 15 is 0 Å². The lowest BCUT2D eigenvalue weighted by Crippen LogP contribution is -2.00. The Balaban J connectivity index is 2.33. The highest BCUT2D eigenvalue weighted by Crippen LogP contribution is 2.24. The van der Waals surface area contributed by atoms with Gasteiger partial charge in [0.2, 0.25) is 0 Å². The summed E-state index contributed by atoms with van der Waals surface area (Å²) in [5, 5.41) is 11.9. The lowest BCUT2D eigenvalue weighted by Gasteiger charge is -2.08. The number of para-hydroxylation sites is 1. The van der Waals surface area contributed by atoms with E-state index in [9.17, 15) is 9.18 Å². The fourth-order valence-corrected chi connectivity index (χ4v) is 1.68. The fraction of sp³-hybridized carbons (Fsp3) is 0. The molecule has 0 aromatic heterocycles. The number of halogens is 2. The van der Waals surface area contributed by atoms with Gasteiger partial charge >= 0.3 is 5.97 Å². The highest BCUT2D eigenvalue weighted by molar-refractivity contribution is 6.33. The van der Waals surface area contributed by atoms with Crippen LogP contribution in [0.5, 0.6) is 0 Å². The highest BCUT2D eigenvalue weighted by Gasteiger charge is 2.10. The number of carbonyl (C=O) groups is 1. The first-order chi connectivity index (χ1) is 8.58. The third-order valence-corrected chi connectivity index (χ3v) is 2.68. The monoisotopic (exact) mass is 265 g/mol. The van der Waals surface area contributed by atoms with Crippen molar-refractivity contribution in [2.45, 2.75) is 0 Å². The number of carboxylic acid groups (broad SMARTS) is 1. The van der Waals surface area contributed by atoms with Gasteiger partial charge in [0.25, 0.3) is 0 Å². The van der Waals surface area contributed by atoms with E-state index < -0.39 is 11.8 Å². The summed E-state index contributed by atoms with van der Waals surface area (Å²) in [5.74, 6) is -1.54. The molecule has 0 aliphatic carbocycles. The van der Waals surface area contributed by atoms with Crippen LogP contribution in [0.3, 0.4) is 0 Å². The van der Waals surface area contributed by atoms with Crippen molar-refractivity contribution in [3.8, 4) is 0 Å². The van der Waals surface area contributed by atoms with E-state index in [1.165, 1.54) is 18.2 Å².